The van der Waals surface area contributed by atoms with E-state index in [2.05, 4.69) is 13.8 Å². The SMILES string of the molecule is COC(c1nc2c(s1)C(=O)CC(C)(C)C2)C1CCCCC1. The maximum absolute atomic E-state index is 12.3. The van der Waals surface area contributed by atoms with Crippen molar-refractivity contribution in [3.63, 3.8) is 0 Å². The van der Waals surface area contributed by atoms with Crippen LogP contribution in [0.5, 0.6) is 0 Å². The van der Waals surface area contributed by atoms with E-state index in [-0.39, 0.29) is 17.3 Å². The molecular weight excluding hydrogens is 282 g/mol. The maximum Gasteiger partial charge on any atom is 0.175 e. The first kappa shape index (κ1) is 15.2. The average molecular weight is 307 g/mol. The summed E-state index contributed by atoms with van der Waals surface area (Å²) in [6.07, 6.45) is 8.01. The van der Waals surface area contributed by atoms with Crippen molar-refractivity contribution in [3.05, 3.63) is 15.6 Å². The molecule has 2 aliphatic carbocycles. The first-order valence-electron chi connectivity index (χ1n) is 8.06. The highest BCUT2D eigenvalue weighted by molar-refractivity contribution is 7.14. The summed E-state index contributed by atoms with van der Waals surface area (Å²) < 4.78 is 5.78. The molecule has 21 heavy (non-hydrogen) atoms. The average Bonchev–Trinajstić information content (AvgIpc) is 2.83. The molecule has 0 N–H and O–H groups in total. The number of hydrogen-bond donors (Lipinski definition) is 0. The third-order valence-electron chi connectivity index (χ3n) is 4.83. The molecule has 1 saturated carbocycles. The summed E-state index contributed by atoms with van der Waals surface area (Å²) in [6.45, 7) is 4.31. The molecule has 0 saturated heterocycles. The van der Waals surface area contributed by atoms with Gasteiger partial charge < -0.3 is 4.74 Å². The molecule has 0 bridgehead atoms. The first-order valence-corrected chi connectivity index (χ1v) is 8.87. The predicted octanol–water partition coefficient (Wildman–Crippen LogP) is 4.57. The first-order chi connectivity index (χ1) is 10.00. The standard InChI is InChI=1S/C17H25NO2S/c1-17(2)9-12-15(13(19)10-17)21-16(18-12)14(20-3)11-7-5-4-6-8-11/h11,14H,4-10H2,1-3H3. The van der Waals surface area contributed by atoms with Crippen molar-refractivity contribution < 1.29 is 9.53 Å². The zero-order chi connectivity index (χ0) is 15.0. The molecule has 0 aliphatic heterocycles. The lowest BCUT2D eigenvalue weighted by Gasteiger charge is -2.27. The van der Waals surface area contributed by atoms with Crippen molar-refractivity contribution in [3.8, 4) is 0 Å². The number of ether oxygens (including phenoxy) is 1. The highest BCUT2D eigenvalue weighted by atomic mass is 32.1. The largest absolute Gasteiger partial charge is 0.374 e. The van der Waals surface area contributed by atoms with Gasteiger partial charge in [0.15, 0.2) is 5.78 Å². The second kappa shape index (κ2) is 5.81. The third-order valence-corrected chi connectivity index (χ3v) is 6.03. The van der Waals surface area contributed by atoms with Gasteiger partial charge in [-0.1, -0.05) is 33.1 Å². The van der Waals surface area contributed by atoms with E-state index >= 15 is 0 Å². The van der Waals surface area contributed by atoms with Crippen LogP contribution in [-0.4, -0.2) is 17.9 Å². The number of ketones is 1. The van der Waals surface area contributed by atoms with Gasteiger partial charge in [0.1, 0.15) is 11.1 Å². The van der Waals surface area contributed by atoms with Gasteiger partial charge in [0, 0.05) is 13.5 Å². The predicted molar refractivity (Wildman–Crippen MR) is 84.9 cm³/mol. The number of rotatable bonds is 3. The minimum absolute atomic E-state index is 0.0445. The van der Waals surface area contributed by atoms with E-state index in [9.17, 15) is 4.79 Å². The summed E-state index contributed by atoms with van der Waals surface area (Å²) >= 11 is 1.58. The Morgan fingerprint density at radius 2 is 1.95 bits per heavy atom. The summed E-state index contributed by atoms with van der Waals surface area (Å²) in [5.41, 5.74) is 1.05. The number of fused-ring (bicyclic) bond motifs is 1. The van der Waals surface area contributed by atoms with Crippen molar-refractivity contribution in [2.75, 3.05) is 7.11 Å². The normalized spacial score (nSPS) is 23.9. The van der Waals surface area contributed by atoms with Gasteiger partial charge in [-0.25, -0.2) is 4.98 Å². The Morgan fingerprint density at radius 3 is 2.62 bits per heavy atom. The molecule has 0 aromatic carbocycles. The topological polar surface area (TPSA) is 39.2 Å². The Bertz CT molecular complexity index is 529. The molecule has 0 spiro atoms. The lowest BCUT2D eigenvalue weighted by atomic mass is 9.78. The van der Waals surface area contributed by atoms with E-state index in [0.717, 1.165) is 22.0 Å². The molecule has 0 amide bonds. The number of hydrogen-bond acceptors (Lipinski definition) is 4. The van der Waals surface area contributed by atoms with Gasteiger partial charge in [0.05, 0.1) is 10.6 Å². The number of thiazole rings is 1. The minimum atomic E-state index is 0.0445. The molecule has 4 heteroatoms. The van der Waals surface area contributed by atoms with E-state index in [1.165, 1.54) is 32.1 Å². The monoisotopic (exact) mass is 307 g/mol. The summed E-state index contributed by atoms with van der Waals surface area (Å²) in [6, 6.07) is 0. The summed E-state index contributed by atoms with van der Waals surface area (Å²) in [5.74, 6) is 0.836. The van der Waals surface area contributed by atoms with Crippen molar-refractivity contribution in [2.45, 2.75) is 64.9 Å². The Labute approximate surface area is 131 Å². The Balaban J connectivity index is 1.87. The minimum Gasteiger partial charge on any atom is -0.374 e. The molecule has 1 aromatic heterocycles. The zero-order valence-corrected chi connectivity index (χ0v) is 14.1. The quantitative estimate of drug-likeness (QED) is 0.821. The van der Waals surface area contributed by atoms with Crippen LogP contribution in [0.3, 0.4) is 0 Å². The summed E-state index contributed by atoms with van der Waals surface area (Å²) in [7, 11) is 1.78. The van der Waals surface area contributed by atoms with Crippen molar-refractivity contribution >= 4 is 17.1 Å². The molecule has 1 atom stereocenters. The van der Waals surface area contributed by atoms with Gasteiger partial charge in [0.25, 0.3) is 0 Å². The van der Waals surface area contributed by atoms with Crippen LogP contribution in [0.25, 0.3) is 0 Å². The lowest BCUT2D eigenvalue weighted by Crippen LogP contribution is -2.26. The Morgan fingerprint density at radius 1 is 1.24 bits per heavy atom. The second-order valence-corrected chi connectivity index (χ2v) is 8.35. The molecule has 0 radical (unpaired) electrons. The molecule has 1 aromatic rings. The molecule has 3 rings (SSSR count). The van der Waals surface area contributed by atoms with Gasteiger partial charge in [-0.05, 0) is 30.6 Å². The van der Waals surface area contributed by atoms with Crippen molar-refractivity contribution in [1.29, 1.82) is 0 Å². The van der Waals surface area contributed by atoms with Gasteiger partial charge in [0.2, 0.25) is 0 Å². The van der Waals surface area contributed by atoms with E-state index in [4.69, 9.17) is 9.72 Å². The van der Waals surface area contributed by atoms with Crippen molar-refractivity contribution in [2.24, 2.45) is 11.3 Å². The number of methoxy groups -OCH3 is 1. The van der Waals surface area contributed by atoms with Gasteiger partial charge in [-0.2, -0.15) is 0 Å². The van der Waals surface area contributed by atoms with Crippen molar-refractivity contribution in [1.82, 2.24) is 4.98 Å². The molecule has 1 fully saturated rings. The zero-order valence-electron chi connectivity index (χ0n) is 13.3. The van der Waals surface area contributed by atoms with Crippen LogP contribution in [0.4, 0.5) is 0 Å². The van der Waals surface area contributed by atoms with Crippen LogP contribution in [-0.2, 0) is 11.2 Å². The van der Waals surface area contributed by atoms with E-state index in [1.807, 2.05) is 0 Å². The van der Waals surface area contributed by atoms with Crippen LogP contribution >= 0.6 is 11.3 Å². The molecule has 1 heterocycles. The molecule has 2 aliphatic rings. The van der Waals surface area contributed by atoms with Gasteiger partial charge in [-0.3, -0.25) is 4.79 Å². The number of aromatic nitrogens is 1. The third kappa shape index (κ3) is 3.07. The maximum atomic E-state index is 12.3. The number of Topliss-reactive ketones (excluding diaryl/α,β-unsaturated/α-hetero) is 1. The number of carbonyl (C=O) groups is 1. The highest BCUT2D eigenvalue weighted by Crippen LogP contribution is 2.42. The van der Waals surface area contributed by atoms with Crippen LogP contribution < -0.4 is 0 Å². The summed E-state index contributed by atoms with van der Waals surface area (Å²) in [5, 5.41) is 1.03. The fraction of sp³-hybridized carbons (Fsp3) is 0.765. The Hall–Kier alpha value is -0.740. The highest BCUT2D eigenvalue weighted by Gasteiger charge is 2.36. The van der Waals surface area contributed by atoms with Crippen LogP contribution in [0.1, 0.15) is 78.8 Å². The smallest absolute Gasteiger partial charge is 0.175 e. The van der Waals surface area contributed by atoms with E-state index in [0.29, 0.717) is 12.3 Å². The van der Waals surface area contributed by atoms with Gasteiger partial charge >= 0.3 is 0 Å². The molecule has 3 nitrogen and oxygen atoms in total. The number of nitrogens with zero attached hydrogens (tertiary/aromatic N) is 1. The fourth-order valence-electron chi connectivity index (χ4n) is 3.79. The Kier molecular flexibility index (Phi) is 4.19. The fourth-order valence-corrected chi connectivity index (χ4v) is 4.98. The van der Waals surface area contributed by atoms with E-state index < -0.39 is 0 Å². The molecule has 1 unspecified atom stereocenters. The van der Waals surface area contributed by atoms with Gasteiger partial charge in [-0.15, -0.1) is 11.3 Å². The molecular formula is C17H25NO2S. The van der Waals surface area contributed by atoms with Crippen LogP contribution in [0.2, 0.25) is 0 Å². The molecule has 116 valence electrons. The lowest BCUT2D eigenvalue weighted by molar-refractivity contribution is 0.0351. The van der Waals surface area contributed by atoms with Crippen LogP contribution in [0.15, 0.2) is 0 Å². The van der Waals surface area contributed by atoms with Crippen LogP contribution in [0, 0.1) is 11.3 Å². The summed E-state index contributed by atoms with van der Waals surface area (Å²) in [4.78, 5) is 18.0. The second-order valence-electron chi connectivity index (χ2n) is 7.32. The van der Waals surface area contributed by atoms with E-state index in [1.54, 1.807) is 18.4 Å². The number of carbonyl (C=O) groups excluding carboxylic acids is 1.